The van der Waals surface area contributed by atoms with Gasteiger partial charge in [0.25, 0.3) is 0 Å². The Bertz CT molecular complexity index is 1580. The Morgan fingerprint density at radius 2 is 0.827 bits per heavy atom. The molecule has 0 bridgehead atoms. The molecule has 2 heterocycles. The van der Waals surface area contributed by atoms with E-state index in [1.54, 1.807) is 14.2 Å². The zero-order chi connectivity index (χ0) is 36.8. The van der Waals surface area contributed by atoms with Crippen molar-refractivity contribution in [1.29, 1.82) is 0 Å². The Labute approximate surface area is 309 Å². The molecule has 4 aromatic carbocycles. The van der Waals surface area contributed by atoms with E-state index in [2.05, 4.69) is 76.2 Å². The lowest BCUT2D eigenvalue weighted by Gasteiger charge is -2.29. The quantitative estimate of drug-likeness (QED) is 0.0675. The minimum atomic E-state index is -2.89. The van der Waals surface area contributed by atoms with E-state index in [1.165, 1.54) is 22.3 Å². The minimum Gasteiger partial charge on any atom is -0.491 e. The highest BCUT2D eigenvalue weighted by atomic mass is 28.4. The summed E-state index contributed by atoms with van der Waals surface area (Å²) in [6, 6.07) is 33.0. The van der Waals surface area contributed by atoms with Crippen LogP contribution in [-0.4, -0.2) is 81.0 Å². The summed E-state index contributed by atoms with van der Waals surface area (Å²) >= 11 is 0. The van der Waals surface area contributed by atoms with Crippen LogP contribution in [0.5, 0.6) is 23.0 Å². The molecule has 0 aromatic heterocycles. The van der Waals surface area contributed by atoms with E-state index in [4.69, 9.17) is 41.7 Å². The molecule has 2 aliphatic heterocycles. The summed E-state index contributed by atoms with van der Waals surface area (Å²) in [7, 11) is 0.306. The first-order valence-electron chi connectivity index (χ1n) is 17.9. The van der Waals surface area contributed by atoms with Gasteiger partial charge < -0.3 is 41.7 Å². The smallest absolute Gasteiger partial charge is 0.491 e. The van der Waals surface area contributed by atoms with E-state index in [0.717, 1.165) is 36.2 Å². The van der Waals surface area contributed by atoms with Crippen molar-refractivity contribution in [2.45, 2.75) is 63.4 Å². The van der Waals surface area contributed by atoms with Crippen molar-refractivity contribution in [3.63, 3.8) is 0 Å². The van der Waals surface area contributed by atoms with Crippen LogP contribution in [-0.2, 0) is 33.6 Å². The van der Waals surface area contributed by atoms with Crippen molar-refractivity contribution in [2.24, 2.45) is 0 Å². The van der Waals surface area contributed by atoms with E-state index in [1.807, 2.05) is 55.1 Å². The summed E-state index contributed by atoms with van der Waals surface area (Å²) in [5.74, 6) is 3.18. The molecule has 2 unspecified atom stereocenters. The van der Waals surface area contributed by atoms with Crippen LogP contribution in [0.3, 0.4) is 0 Å². The lowest BCUT2D eigenvalue weighted by Crippen LogP contribution is -2.47. The highest BCUT2D eigenvalue weighted by molar-refractivity contribution is 6.59. The molecule has 2 saturated heterocycles. The van der Waals surface area contributed by atoms with Crippen LogP contribution in [0.2, 0.25) is 6.55 Å². The van der Waals surface area contributed by atoms with Gasteiger partial charge in [-0.3, -0.25) is 0 Å². The van der Waals surface area contributed by atoms with Gasteiger partial charge in [0.2, 0.25) is 0 Å². The second-order valence-corrected chi connectivity index (χ2v) is 17.3. The van der Waals surface area contributed by atoms with E-state index in [0.29, 0.717) is 13.2 Å². The van der Waals surface area contributed by atoms with Gasteiger partial charge in [-0.1, -0.05) is 76.2 Å². The predicted octanol–water partition coefficient (Wildman–Crippen LogP) is 7.60. The molecule has 0 saturated carbocycles. The van der Waals surface area contributed by atoms with Crippen molar-refractivity contribution < 1.29 is 41.7 Å². The van der Waals surface area contributed by atoms with Crippen molar-refractivity contribution in [3.05, 3.63) is 119 Å². The van der Waals surface area contributed by atoms with Crippen LogP contribution in [0.4, 0.5) is 0 Å². The Hall–Kier alpha value is -3.90. The van der Waals surface area contributed by atoms with Crippen LogP contribution in [0.15, 0.2) is 97.1 Å². The van der Waals surface area contributed by atoms with Gasteiger partial charge in [-0.2, -0.15) is 0 Å². The van der Waals surface area contributed by atoms with Gasteiger partial charge in [-0.25, -0.2) is 0 Å². The third-order valence-electron chi connectivity index (χ3n) is 9.97. The largest absolute Gasteiger partial charge is 0.497 e. The fourth-order valence-electron chi connectivity index (χ4n) is 5.89. The second-order valence-electron chi connectivity index (χ2n) is 14.5. The molecule has 2 aliphatic rings. The fraction of sp³-hybridized carbons (Fsp3) is 0.429. The molecule has 278 valence electrons. The maximum Gasteiger partial charge on any atom is 0.497 e. The molecule has 4 aromatic rings. The van der Waals surface area contributed by atoms with Gasteiger partial charge in [-0.15, -0.1) is 0 Å². The standard InChI is InChI=1S/C42H52O9Si/c1-41(2,30-8-16-34(17-9-30)45-24-38-26-49-38)32-12-20-36(21-13-32)47-28-40(51-52(7,43-5)44-6)29-48-37-22-14-33(15-23-37)42(3,4)31-10-18-35(19-11-31)46-25-39-27-50-39/h8-23,38-40H,24-29H2,1-7H3. The van der Waals surface area contributed by atoms with Crippen LogP contribution >= 0.6 is 0 Å². The zero-order valence-electron chi connectivity index (χ0n) is 31.4. The Morgan fingerprint density at radius 3 is 1.10 bits per heavy atom. The normalized spacial score (nSPS) is 17.7. The number of rotatable bonds is 20. The summed E-state index contributed by atoms with van der Waals surface area (Å²) in [6.07, 6.45) is 0.0264. The van der Waals surface area contributed by atoms with Gasteiger partial charge in [0.05, 0.1) is 13.2 Å². The Balaban J connectivity index is 1.05. The van der Waals surface area contributed by atoms with E-state index >= 15 is 0 Å². The molecular formula is C42H52O9Si. The molecule has 0 aliphatic carbocycles. The fourth-order valence-corrected chi connectivity index (χ4v) is 6.99. The van der Waals surface area contributed by atoms with E-state index in [-0.39, 0.29) is 36.3 Å². The van der Waals surface area contributed by atoms with Crippen LogP contribution in [0.25, 0.3) is 0 Å². The number of epoxide rings is 2. The second kappa shape index (κ2) is 16.4. The third-order valence-corrected chi connectivity index (χ3v) is 12.2. The molecule has 0 N–H and O–H groups in total. The maximum absolute atomic E-state index is 6.35. The average molecular weight is 729 g/mol. The summed E-state index contributed by atoms with van der Waals surface area (Å²) in [6.45, 7) is 14.0. The highest BCUT2D eigenvalue weighted by Crippen LogP contribution is 2.35. The first-order valence-corrected chi connectivity index (χ1v) is 20.1. The van der Waals surface area contributed by atoms with Crippen LogP contribution in [0.1, 0.15) is 49.9 Å². The molecule has 9 nitrogen and oxygen atoms in total. The summed E-state index contributed by atoms with van der Waals surface area (Å²) in [4.78, 5) is 0. The van der Waals surface area contributed by atoms with Crippen molar-refractivity contribution in [3.8, 4) is 23.0 Å². The van der Waals surface area contributed by atoms with Crippen molar-refractivity contribution in [1.82, 2.24) is 0 Å². The third kappa shape index (κ3) is 9.94. The first-order chi connectivity index (χ1) is 25.0. The minimum absolute atomic E-state index is 0.212. The summed E-state index contributed by atoms with van der Waals surface area (Å²) in [5.41, 5.74) is 4.31. The lowest BCUT2D eigenvalue weighted by atomic mass is 9.78. The van der Waals surface area contributed by atoms with Crippen LogP contribution < -0.4 is 18.9 Å². The van der Waals surface area contributed by atoms with Crippen LogP contribution in [0, 0.1) is 0 Å². The molecular weight excluding hydrogens is 677 g/mol. The Morgan fingerprint density at radius 1 is 0.538 bits per heavy atom. The molecule has 0 spiro atoms. The maximum atomic E-state index is 6.35. The van der Waals surface area contributed by atoms with Gasteiger partial charge >= 0.3 is 8.80 Å². The monoisotopic (exact) mass is 728 g/mol. The molecule has 0 radical (unpaired) electrons. The van der Waals surface area contributed by atoms with Gasteiger partial charge in [0.1, 0.15) is 67.7 Å². The lowest BCUT2D eigenvalue weighted by molar-refractivity contribution is 0.0129. The van der Waals surface area contributed by atoms with Crippen molar-refractivity contribution in [2.75, 3.05) is 53.9 Å². The van der Waals surface area contributed by atoms with Gasteiger partial charge in [0, 0.05) is 31.6 Å². The van der Waals surface area contributed by atoms with E-state index < -0.39 is 14.9 Å². The molecule has 2 atom stereocenters. The first kappa shape index (κ1) is 37.8. The molecule has 0 amide bonds. The average Bonchev–Trinajstić information content (AvgIpc) is 4.11. The van der Waals surface area contributed by atoms with Gasteiger partial charge in [-0.05, 0) is 70.8 Å². The number of ether oxygens (including phenoxy) is 6. The Kier molecular flexibility index (Phi) is 11.9. The SMILES string of the molecule is CO[Si](C)(OC)OC(COc1ccc(C(C)(C)c2ccc(OCC3CO3)cc2)cc1)COc1ccc(C(C)(C)c2ccc(OCC3CO3)cc2)cc1. The number of hydrogen-bond donors (Lipinski definition) is 0. The predicted molar refractivity (Wildman–Crippen MR) is 202 cm³/mol. The molecule has 6 rings (SSSR count). The molecule has 52 heavy (non-hydrogen) atoms. The van der Waals surface area contributed by atoms with E-state index in [9.17, 15) is 0 Å². The van der Waals surface area contributed by atoms with Gasteiger partial charge in [0.15, 0.2) is 0 Å². The molecule has 10 heteroatoms. The number of benzene rings is 4. The summed E-state index contributed by atoms with van der Waals surface area (Å²) in [5, 5.41) is 0. The highest BCUT2D eigenvalue weighted by Gasteiger charge is 2.36. The number of hydrogen-bond acceptors (Lipinski definition) is 9. The zero-order valence-corrected chi connectivity index (χ0v) is 32.4. The van der Waals surface area contributed by atoms with Crippen molar-refractivity contribution >= 4 is 8.80 Å². The summed E-state index contributed by atoms with van der Waals surface area (Å²) < 4.78 is 52.2. The molecule has 2 fully saturated rings. The topological polar surface area (TPSA) is 89.7 Å².